The van der Waals surface area contributed by atoms with Crippen molar-refractivity contribution in [2.75, 3.05) is 13.2 Å². The number of pyridine rings is 1. The number of ether oxygens (including phenoxy) is 1. The zero-order valence-corrected chi connectivity index (χ0v) is 11.3. The van der Waals surface area contributed by atoms with E-state index in [4.69, 9.17) is 4.74 Å². The van der Waals surface area contributed by atoms with Crippen LogP contribution in [0.1, 0.15) is 24.9 Å². The summed E-state index contributed by atoms with van der Waals surface area (Å²) in [5.74, 6) is 0.933. The van der Waals surface area contributed by atoms with E-state index in [9.17, 15) is 0 Å². The maximum Gasteiger partial charge on any atom is 0.119 e. The van der Waals surface area contributed by atoms with E-state index in [2.05, 4.69) is 23.3 Å². The van der Waals surface area contributed by atoms with Crippen LogP contribution in [0.15, 0.2) is 54.9 Å². The molecule has 0 saturated heterocycles. The molecule has 1 N–H and O–H groups in total. The Morgan fingerprint density at radius 3 is 2.74 bits per heavy atom. The highest BCUT2D eigenvalue weighted by molar-refractivity contribution is 5.20. The maximum absolute atomic E-state index is 5.64. The molecule has 1 aromatic carbocycles. The van der Waals surface area contributed by atoms with Crippen LogP contribution in [-0.2, 0) is 0 Å². The van der Waals surface area contributed by atoms with Gasteiger partial charge in [0.05, 0.1) is 6.61 Å². The zero-order valence-electron chi connectivity index (χ0n) is 11.3. The lowest BCUT2D eigenvalue weighted by molar-refractivity contribution is 0.305. The van der Waals surface area contributed by atoms with E-state index in [-0.39, 0.29) is 0 Å². The molecule has 0 spiro atoms. The van der Waals surface area contributed by atoms with E-state index >= 15 is 0 Å². The Labute approximate surface area is 114 Å². The molecule has 0 bridgehead atoms. The Hall–Kier alpha value is -1.87. The van der Waals surface area contributed by atoms with Gasteiger partial charge in [-0.15, -0.1) is 0 Å². The summed E-state index contributed by atoms with van der Waals surface area (Å²) >= 11 is 0. The van der Waals surface area contributed by atoms with E-state index < -0.39 is 0 Å². The molecule has 100 valence electrons. The molecule has 0 saturated carbocycles. The molecule has 3 heteroatoms. The first-order chi connectivity index (χ1) is 9.36. The van der Waals surface area contributed by atoms with Gasteiger partial charge in [-0.1, -0.05) is 24.3 Å². The second-order valence-corrected chi connectivity index (χ2v) is 4.48. The van der Waals surface area contributed by atoms with Crippen LogP contribution in [0.25, 0.3) is 0 Å². The molecule has 1 heterocycles. The quantitative estimate of drug-likeness (QED) is 0.772. The van der Waals surface area contributed by atoms with Crippen LogP contribution in [0.5, 0.6) is 5.75 Å². The minimum Gasteiger partial charge on any atom is -0.494 e. The molecule has 0 fully saturated rings. The van der Waals surface area contributed by atoms with Crippen molar-refractivity contribution >= 4 is 0 Å². The van der Waals surface area contributed by atoms with Gasteiger partial charge in [0.1, 0.15) is 5.75 Å². The second-order valence-electron chi connectivity index (χ2n) is 4.48. The molecule has 1 unspecified atom stereocenters. The van der Waals surface area contributed by atoms with Crippen molar-refractivity contribution in [1.82, 2.24) is 10.3 Å². The van der Waals surface area contributed by atoms with Gasteiger partial charge in [-0.3, -0.25) is 4.98 Å². The van der Waals surface area contributed by atoms with E-state index in [0.717, 1.165) is 25.3 Å². The van der Waals surface area contributed by atoms with Crippen LogP contribution in [-0.4, -0.2) is 18.1 Å². The van der Waals surface area contributed by atoms with E-state index in [0.29, 0.717) is 6.04 Å². The number of hydrogen-bond acceptors (Lipinski definition) is 3. The fraction of sp³-hybridized carbons (Fsp3) is 0.312. The van der Waals surface area contributed by atoms with E-state index in [1.807, 2.05) is 42.6 Å². The topological polar surface area (TPSA) is 34.1 Å². The smallest absolute Gasteiger partial charge is 0.119 e. The fourth-order valence-electron chi connectivity index (χ4n) is 1.85. The van der Waals surface area contributed by atoms with Gasteiger partial charge in [0, 0.05) is 18.4 Å². The van der Waals surface area contributed by atoms with Gasteiger partial charge in [0.2, 0.25) is 0 Å². The number of benzene rings is 1. The molecule has 3 nitrogen and oxygen atoms in total. The third-order valence-electron chi connectivity index (χ3n) is 2.97. The van der Waals surface area contributed by atoms with Gasteiger partial charge in [-0.25, -0.2) is 0 Å². The molecule has 0 amide bonds. The summed E-state index contributed by atoms with van der Waals surface area (Å²) in [7, 11) is 0. The number of hydrogen-bond donors (Lipinski definition) is 1. The van der Waals surface area contributed by atoms with Crippen LogP contribution in [0, 0.1) is 0 Å². The van der Waals surface area contributed by atoms with Gasteiger partial charge in [-0.2, -0.15) is 0 Å². The Kier molecular flexibility index (Phi) is 5.38. The van der Waals surface area contributed by atoms with Crippen molar-refractivity contribution in [2.45, 2.75) is 19.4 Å². The van der Waals surface area contributed by atoms with E-state index in [1.165, 1.54) is 5.56 Å². The molecular weight excluding hydrogens is 236 g/mol. The van der Waals surface area contributed by atoms with Crippen molar-refractivity contribution in [2.24, 2.45) is 0 Å². The number of para-hydroxylation sites is 1. The van der Waals surface area contributed by atoms with Gasteiger partial charge in [0.25, 0.3) is 0 Å². The van der Waals surface area contributed by atoms with Gasteiger partial charge < -0.3 is 10.1 Å². The largest absolute Gasteiger partial charge is 0.494 e. The predicted octanol–water partition coefficient (Wildman–Crippen LogP) is 3.20. The van der Waals surface area contributed by atoms with Crippen LogP contribution in [0.3, 0.4) is 0 Å². The van der Waals surface area contributed by atoms with Crippen LogP contribution in [0.2, 0.25) is 0 Å². The van der Waals surface area contributed by atoms with Crippen molar-refractivity contribution < 1.29 is 4.74 Å². The highest BCUT2D eigenvalue weighted by Gasteiger charge is 2.03. The van der Waals surface area contributed by atoms with Crippen molar-refractivity contribution in [1.29, 1.82) is 0 Å². The SMILES string of the molecule is CC(NCCCOc1ccccc1)c1cccnc1. The molecule has 0 aliphatic carbocycles. The van der Waals surface area contributed by atoms with Crippen molar-refractivity contribution in [3.05, 3.63) is 60.4 Å². The Morgan fingerprint density at radius 1 is 1.16 bits per heavy atom. The van der Waals surface area contributed by atoms with E-state index in [1.54, 1.807) is 6.20 Å². The number of nitrogens with zero attached hydrogens (tertiary/aromatic N) is 1. The first kappa shape index (κ1) is 13.6. The van der Waals surface area contributed by atoms with Gasteiger partial charge >= 0.3 is 0 Å². The van der Waals surface area contributed by atoms with Gasteiger partial charge in [0.15, 0.2) is 0 Å². The third-order valence-corrected chi connectivity index (χ3v) is 2.97. The Balaban J connectivity index is 1.62. The first-order valence-electron chi connectivity index (χ1n) is 6.67. The standard InChI is InChI=1S/C16H20N2O/c1-14(15-7-5-10-17-13-15)18-11-6-12-19-16-8-3-2-4-9-16/h2-5,7-10,13-14,18H,6,11-12H2,1H3. The average molecular weight is 256 g/mol. The molecule has 1 aromatic heterocycles. The highest BCUT2D eigenvalue weighted by Crippen LogP contribution is 2.10. The molecule has 1 atom stereocenters. The lowest BCUT2D eigenvalue weighted by atomic mass is 10.1. The summed E-state index contributed by atoms with van der Waals surface area (Å²) in [4.78, 5) is 4.13. The number of nitrogens with one attached hydrogen (secondary N) is 1. The van der Waals surface area contributed by atoms with Crippen molar-refractivity contribution in [3.8, 4) is 5.75 Å². The predicted molar refractivity (Wildman–Crippen MR) is 77.2 cm³/mol. The van der Waals surface area contributed by atoms with Crippen molar-refractivity contribution in [3.63, 3.8) is 0 Å². The summed E-state index contributed by atoms with van der Waals surface area (Å²) in [5.41, 5.74) is 1.21. The molecule has 2 rings (SSSR count). The fourth-order valence-corrected chi connectivity index (χ4v) is 1.85. The second kappa shape index (κ2) is 7.54. The normalized spacial score (nSPS) is 12.1. The van der Waals surface area contributed by atoms with Crippen LogP contribution < -0.4 is 10.1 Å². The lowest BCUT2D eigenvalue weighted by Crippen LogP contribution is -2.21. The zero-order chi connectivity index (χ0) is 13.3. The first-order valence-corrected chi connectivity index (χ1v) is 6.67. The van der Waals surface area contributed by atoms with Gasteiger partial charge in [-0.05, 0) is 43.7 Å². The summed E-state index contributed by atoms with van der Waals surface area (Å²) in [6, 6.07) is 14.3. The number of aromatic nitrogens is 1. The maximum atomic E-state index is 5.64. The molecule has 0 aliphatic heterocycles. The third kappa shape index (κ3) is 4.72. The minimum absolute atomic E-state index is 0.324. The number of rotatable bonds is 7. The van der Waals surface area contributed by atoms with Crippen LogP contribution >= 0.6 is 0 Å². The Morgan fingerprint density at radius 2 is 2.00 bits per heavy atom. The average Bonchev–Trinajstić information content (AvgIpc) is 2.49. The minimum atomic E-state index is 0.324. The highest BCUT2D eigenvalue weighted by atomic mass is 16.5. The molecule has 19 heavy (non-hydrogen) atoms. The monoisotopic (exact) mass is 256 g/mol. The summed E-state index contributed by atoms with van der Waals surface area (Å²) < 4.78 is 5.64. The molecule has 2 aromatic rings. The Bertz CT molecular complexity index is 459. The molecule has 0 aliphatic rings. The lowest BCUT2D eigenvalue weighted by Gasteiger charge is -2.13. The van der Waals surface area contributed by atoms with Crippen LogP contribution in [0.4, 0.5) is 0 Å². The molecule has 0 radical (unpaired) electrons. The summed E-state index contributed by atoms with van der Waals surface area (Å²) in [6.07, 6.45) is 4.68. The summed E-state index contributed by atoms with van der Waals surface area (Å²) in [5, 5.41) is 3.47. The summed E-state index contributed by atoms with van der Waals surface area (Å²) in [6.45, 7) is 3.81. The molecular formula is C16H20N2O.